The van der Waals surface area contributed by atoms with Gasteiger partial charge in [0, 0.05) is 41.9 Å². The fraction of sp³-hybridized carbons (Fsp3) is 0.273. The number of carboxylic acids is 2. The molecule has 2 aromatic carbocycles. The van der Waals surface area contributed by atoms with E-state index in [4.69, 9.17) is 36.0 Å². The van der Waals surface area contributed by atoms with Gasteiger partial charge >= 0.3 is 11.9 Å². The lowest BCUT2D eigenvalue weighted by atomic mass is 10.1. The van der Waals surface area contributed by atoms with Crippen LogP contribution in [0.5, 0.6) is 11.5 Å². The normalized spacial score (nSPS) is 14.9. The van der Waals surface area contributed by atoms with E-state index in [0.717, 1.165) is 18.7 Å². The third kappa shape index (κ3) is 8.29. The maximum atomic E-state index is 9.55. The van der Waals surface area contributed by atoms with E-state index in [1.807, 2.05) is 24.3 Å². The second kappa shape index (κ2) is 12.6. The molecule has 8 nitrogen and oxygen atoms in total. The van der Waals surface area contributed by atoms with Crippen LogP contribution in [0.3, 0.4) is 0 Å². The standard InChI is InChI=1S/C18H20ClNO3.C4H4O4/c1-21-17-13-15(19)7-8-16(17)23-18(14-5-3-2-4-6-14)20-9-11-22-12-10-20;5-3(6)1-2-4(7)8/h2-8,13,18H,9-12H2,1H3;1-2H,(H,5,6)(H,7,8)/t18-;/m0./s1. The molecule has 1 fully saturated rings. The third-order valence-corrected chi connectivity index (χ3v) is 4.43. The predicted octanol–water partition coefficient (Wildman–Crippen LogP) is 3.47. The molecule has 0 saturated carbocycles. The number of nitrogens with zero attached hydrogens (tertiary/aromatic N) is 1. The average Bonchev–Trinajstić information content (AvgIpc) is 2.78. The summed E-state index contributed by atoms with van der Waals surface area (Å²) in [6.45, 7) is 3.08. The summed E-state index contributed by atoms with van der Waals surface area (Å²) in [5.74, 6) is -1.20. The van der Waals surface area contributed by atoms with Gasteiger partial charge in [-0.1, -0.05) is 41.9 Å². The first-order valence-corrected chi connectivity index (χ1v) is 9.79. The number of halogens is 1. The number of hydrogen-bond acceptors (Lipinski definition) is 6. The maximum absolute atomic E-state index is 9.55. The van der Waals surface area contributed by atoms with Gasteiger partial charge in [-0.05, 0) is 12.1 Å². The Kier molecular flexibility index (Phi) is 9.83. The number of rotatable bonds is 7. The summed E-state index contributed by atoms with van der Waals surface area (Å²) in [5, 5.41) is 16.2. The molecule has 1 atom stereocenters. The van der Waals surface area contributed by atoms with Gasteiger partial charge in [0.15, 0.2) is 17.7 Å². The highest BCUT2D eigenvalue weighted by molar-refractivity contribution is 6.30. The number of hydrogen-bond donors (Lipinski definition) is 2. The van der Waals surface area contributed by atoms with E-state index in [9.17, 15) is 9.59 Å². The number of benzene rings is 2. The van der Waals surface area contributed by atoms with Crippen molar-refractivity contribution in [3.8, 4) is 11.5 Å². The molecule has 3 rings (SSSR count). The van der Waals surface area contributed by atoms with Gasteiger partial charge in [-0.2, -0.15) is 0 Å². The Morgan fingerprint density at radius 1 is 1.03 bits per heavy atom. The highest BCUT2D eigenvalue weighted by Gasteiger charge is 2.25. The van der Waals surface area contributed by atoms with Crippen molar-refractivity contribution in [1.29, 1.82) is 0 Å². The molecule has 0 amide bonds. The third-order valence-electron chi connectivity index (χ3n) is 4.19. The summed E-state index contributed by atoms with van der Waals surface area (Å²) in [5.41, 5.74) is 1.10. The number of morpholine rings is 1. The Morgan fingerprint density at radius 3 is 2.19 bits per heavy atom. The fourth-order valence-corrected chi connectivity index (χ4v) is 2.95. The zero-order valence-corrected chi connectivity index (χ0v) is 17.7. The minimum atomic E-state index is -1.26. The lowest BCUT2D eigenvalue weighted by molar-refractivity contribution is -0.134. The van der Waals surface area contributed by atoms with E-state index in [-0.39, 0.29) is 6.23 Å². The van der Waals surface area contributed by atoms with E-state index >= 15 is 0 Å². The van der Waals surface area contributed by atoms with E-state index in [1.54, 1.807) is 19.2 Å². The molecule has 0 aromatic heterocycles. The maximum Gasteiger partial charge on any atom is 0.328 e. The van der Waals surface area contributed by atoms with Crippen LogP contribution < -0.4 is 9.47 Å². The smallest absolute Gasteiger partial charge is 0.328 e. The summed E-state index contributed by atoms with van der Waals surface area (Å²) >= 11 is 6.04. The molecule has 0 radical (unpaired) electrons. The molecule has 0 spiro atoms. The quantitative estimate of drug-likeness (QED) is 0.619. The van der Waals surface area contributed by atoms with Gasteiger partial charge in [0.25, 0.3) is 0 Å². The first kappa shape index (κ1) is 24.2. The lowest BCUT2D eigenvalue weighted by Gasteiger charge is -2.34. The topological polar surface area (TPSA) is 106 Å². The predicted molar refractivity (Wildman–Crippen MR) is 115 cm³/mol. The molecule has 0 bridgehead atoms. The molecule has 166 valence electrons. The van der Waals surface area contributed by atoms with Gasteiger partial charge in [0.2, 0.25) is 0 Å². The van der Waals surface area contributed by atoms with E-state index < -0.39 is 11.9 Å². The molecule has 1 saturated heterocycles. The molecule has 1 aliphatic rings. The highest BCUT2D eigenvalue weighted by atomic mass is 35.5. The molecule has 0 aliphatic carbocycles. The van der Waals surface area contributed by atoms with Crippen LogP contribution in [0.15, 0.2) is 60.7 Å². The first-order valence-electron chi connectivity index (χ1n) is 9.41. The number of carbonyl (C=O) groups is 2. The molecule has 1 aliphatic heterocycles. The molecule has 0 unspecified atom stereocenters. The van der Waals surface area contributed by atoms with E-state index in [0.29, 0.717) is 41.9 Å². The van der Waals surface area contributed by atoms with Crippen molar-refractivity contribution >= 4 is 23.5 Å². The van der Waals surface area contributed by atoms with E-state index in [2.05, 4.69) is 17.0 Å². The van der Waals surface area contributed by atoms with Gasteiger partial charge in [-0.15, -0.1) is 0 Å². The van der Waals surface area contributed by atoms with E-state index in [1.165, 1.54) is 0 Å². The minimum Gasteiger partial charge on any atom is -0.493 e. The van der Waals surface area contributed by atoms with Crippen molar-refractivity contribution in [3.05, 3.63) is 71.3 Å². The van der Waals surface area contributed by atoms with Crippen LogP contribution in [0.2, 0.25) is 5.02 Å². The SMILES string of the molecule is COc1cc(Cl)ccc1O[C@@H](c1ccccc1)N1CCOCC1.O=C(O)C=CC(=O)O. The summed E-state index contributed by atoms with van der Waals surface area (Å²) in [6, 6.07) is 15.6. The Hall–Kier alpha value is -3.07. The molecule has 9 heteroatoms. The van der Waals surface area contributed by atoms with Crippen LogP contribution in [0.25, 0.3) is 0 Å². The number of aliphatic carboxylic acids is 2. The van der Waals surface area contributed by atoms with Crippen molar-refractivity contribution in [2.45, 2.75) is 6.23 Å². The Labute approximate surface area is 185 Å². The van der Waals surface area contributed by atoms with Crippen LogP contribution in [0.1, 0.15) is 11.8 Å². The van der Waals surface area contributed by atoms with Crippen LogP contribution in [-0.2, 0) is 14.3 Å². The monoisotopic (exact) mass is 449 g/mol. The molecule has 2 N–H and O–H groups in total. The molecular weight excluding hydrogens is 426 g/mol. The summed E-state index contributed by atoms with van der Waals surface area (Å²) in [7, 11) is 1.62. The van der Waals surface area contributed by atoms with Crippen molar-refractivity contribution in [1.82, 2.24) is 4.90 Å². The zero-order chi connectivity index (χ0) is 22.6. The molecule has 31 heavy (non-hydrogen) atoms. The highest BCUT2D eigenvalue weighted by Crippen LogP contribution is 2.34. The first-order chi connectivity index (χ1) is 14.9. The zero-order valence-electron chi connectivity index (χ0n) is 16.9. The van der Waals surface area contributed by atoms with Crippen molar-refractivity contribution in [2.75, 3.05) is 33.4 Å². The second-order valence-corrected chi connectivity index (χ2v) is 6.77. The van der Waals surface area contributed by atoms with Crippen LogP contribution >= 0.6 is 11.6 Å². The van der Waals surface area contributed by atoms with Gasteiger partial charge < -0.3 is 24.4 Å². The number of carboxylic acid groups (broad SMARTS) is 2. The van der Waals surface area contributed by atoms with Crippen LogP contribution in [-0.4, -0.2) is 60.5 Å². The second-order valence-electron chi connectivity index (χ2n) is 6.33. The fourth-order valence-electron chi connectivity index (χ4n) is 2.78. The molecule has 1 heterocycles. The number of methoxy groups -OCH3 is 1. The summed E-state index contributed by atoms with van der Waals surface area (Å²) in [6.07, 6.45) is 0.931. The summed E-state index contributed by atoms with van der Waals surface area (Å²) in [4.78, 5) is 21.4. The van der Waals surface area contributed by atoms with Crippen LogP contribution in [0, 0.1) is 0 Å². The van der Waals surface area contributed by atoms with Gasteiger partial charge in [0.1, 0.15) is 0 Å². The summed E-state index contributed by atoms with van der Waals surface area (Å²) < 4.78 is 17.2. The molecule has 2 aromatic rings. The number of ether oxygens (including phenoxy) is 3. The average molecular weight is 450 g/mol. The van der Waals surface area contributed by atoms with Crippen molar-refractivity contribution in [3.63, 3.8) is 0 Å². The lowest BCUT2D eigenvalue weighted by Crippen LogP contribution is -2.41. The largest absolute Gasteiger partial charge is 0.493 e. The Balaban J connectivity index is 0.000000366. The van der Waals surface area contributed by atoms with Crippen LogP contribution in [0.4, 0.5) is 0 Å². The Morgan fingerprint density at radius 2 is 1.65 bits per heavy atom. The van der Waals surface area contributed by atoms with Gasteiger partial charge in [-0.3, -0.25) is 4.90 Å². The van der Waals surface area contributed by atoms with Crippen molar-refractivity contribution < 1.29 is 34.0 Å². The van der Waals surface area contributed by atoms with Crippen molar-refractivity contribution in [2.24, 2.45) is 0 Å². The molecular formula is C22H24ClNO7. The van der Waals surface area contributed by atoms with Gasteiger partial charge in [-0.25, -0.2) is 9.59 Å². The van der Waals surface area contributed by atoms with Gasteiger partial charge in [0.05, 0.1) is 20.3 Å². The minimum absolute atomic E-state index is 0.185. The Bertz CT molecular complexity index is 867.